The summed E-state index contributed by atoms with van der Waals surface area (Å²) < 4.78 is 1.57. The van der Waals surface area contributed by atoms with Crippen LogP contribution in [0.3, 0.4) is 0 Å². The van der Waals surface area contributed by atoms with Crippen LogP contribution < -0.4 is 0 Å². The van der Waals surface area contributed by atoms with E-state index in [-0.39, 0.29) is 5.56 Å². The zero-order valence-electron chi connectivity index (χ0n) is 10.5. The third-order valence-electron chi connectivity index (χ3n) is 3.16. The van der Waals surface area contributed by atoms with Crippen LogP contribution in [0.5, 0.6) is 0 Å². The maximum absolute atomic E-state index is 11.2. The fraction of sp³-hybridized carbons (Fsp3) is 0.154. The van der Waals surface area contributed by atoms with Crippen molar-refractivity contribution in [1.82, 2.24) is 20.0 Å². The molecule has 0 unspecified atom stereocenters. The minimum Gasteiger partial charge on any atom is -0.478 e. The molecule has 6 heteroatoms. The van der Waals surface area contributed by atoms with Gasteiger partial charge in [-0.1, -0.05) is 12.1 Å². The normalized spacial score (nSPS) is 11.1. The number of H-pyrrole nitrogens is 1. The molecule has 0 aliphatic rings. The number of rotatable bonds is 2. The van der Waals surface area contributed by atoms with Gasteiger partial charge in [-0.2, -0.15) is 10.2 Å². The minimum absolute atomic E-state index is 0.229. The van der Waals surface area contributed by atoms with Gasteiger partial charge in [-0.15, -0.1) is 0 Å². The van der Waals surface area contributed by atoms with Gasteiger partial charge in [-0.25, -0.2) is 9.48 Å². The second kappa shape index (κ2) is 3.94. The predicted molar refractivity (Wildman–Crippen MR) is 69.6 cm³/mol. The number of carboxylic acids is 1. The van der Waals surface area contributed by atoms with Gasteiger partial charge in [0.15, 0.2) is 5.82 Å². The molecule has 3 aromatic rings. The van der Waals surface area contributed by atoms with Crippen molar-refractivity contribution in [3.63, 3.8) is 0 Å². The first-order valence-corrected chi connectivity index (χ1v) is 5.82. The van der Waals surface area contributed by atoms with E-state index in [0.717, 1.165) is 10.9 Å². The lowest BCUT2D eigenvalue weighted by Crippen LogP contribution is -2.03. The van der Waals surface area contributed by atoms with Crippen molar-refractivity contribution in [3.8, 4) is 5.82 Å². The Labute approximate surface area is 108 Å². The molecule has 2 aromatic heterocycles. The number of para-hydroxylation sites is 1. The van der Waals surface area contributed by atoms with Crippen LogP contribution in [-0.2, 0) is 0 Å². The molecule has 0 fully saturated rings. The maximum Gasteiger partial charge on any atom is 0.339 e. The molecular weight excluding hydrogens is 244 g/mol. The molecule has 3 rings (SSSR count). The van der Waals surface area contributed by atoms with Crippen molar-refractivity contribution in [2.24, 2.45) is 0 Å². The van der Waals surface area contributed by atoms with E-state index in [2.05, 4.69) is 15.3 Å². The highest BCUT2D eigenvalue weighted by molar-refractivity contribution is 5.91. The molecule has 96 valence electrons. The zero-order valence-corrected chi connectivity index (χ0v) is 10.5. The number of hydrogen-bond donors (Lipinski definition) is 2. The Morgan fingerprint density at radius 2 is 2.05 bits per heavy atom. The molecule has 2 heterocycles. The Hall–Kier alpha value is -2.63. The van der Waals surface area contributed by atoms with Crippen molar-refractivity contribution >= 4 is 16.9 Å². The lowest BCUT2D eigenvalue weighted by atomic mass is 10.2. The largest absolute Gasteiger partial charge is 0.478 e. The molecule has 0 atom stereocenters. The fourth-order valence-corrected chi connectivity index (χ4v) is 2.27. The summed E-state index contributed by atoms with van der Waals surface area (Å²) in [4.78, 5) is 11.2. The van der Waals surface area contributed by atoms with Gasteiger partial charge in [0.05, 0.1) is 16.9 Å². The molecule has 6 nitrogen and oxygen atoms in total. The third-order valence-corrected chi connectivity index (χ3v) is 3.16. The van der Waals surface area contributed by atoms with Crippen LogP contribution >= 0.6 is 0 Å². The van der Waals surface area contributed by atoms with Crippen LogP contribution in [0.25, 0.3) is 16.7 Å². The lowest BCUT2D eigenvalue weighted by Gasteiger charge is -2.00. The van der Waals surface area contributed by atoms with Crippen molar-refractivity contribution in [2.45, 2.75) is 13.8 Å². The van der Waals surface area contributed by atoms with Crippen molar-refractivity contribution < 1.29 is 9.90 Å². The number of aromatic amines is 1. The highest BCUT2D eigenvalue weighted by Crippen LogP contribution is 2.22. The van der Waals surface area contributed by atoms with Gasteiger partial charge in [0.2, 0.25) is 0 Å². The molecular formula is C13H12N4O2. The standard InChI is InChI=1S/C13H12N4O2/c1-7-11(13(18)19)8(2)17(16-7)12-9-5-3-4-6-10(9)14-15-12/h3-6H,1-2H3,(H,14,15)(H,18,19). The Morgan fingerprint density at radius 1 is 1.32 bits per heavy atom. The average molecular weight is 256 g/mol. The van der Waals surface area contributed by atoms with Gasteiger partial charge < -0.3 is 5.11 Å². The van der Waals surface area contributed by atoms with Crippen molar-refractivity contribution in [3.05, 3.63) is 41.2 Å². The Bertz CT molecular complexity index is 785. The topological polar surface area (TPSA) is 83.8 Å². The lowest BCUT2D eigenvalue weighted by molar-refractivity contribution is 0.0695. The van der Waals surface area contributed by atoms with E-state index in [1.165, 1.54) is 0 Å². The summed E-state index contributed by atoms with van der Waals surface area (Å²) in [5, 5.41) is 21.5. The number of aryl methyl sites for hydroxylation is 1. The number of carboxylic acid groups (broad SMARTS) is 1. The molecule has 0 radical (unpaired) electrons. The summed E-state index contributed by atoms with van der Waals surface area (Å²) >= 11 is 0. The summed E-state index contributed by atoms with van der Waals surface area (Å²) in [6, 6.07) is 7.65. The SMILES string of the molecule is Cc1nn(-c2n[nH]c3ccccc23)c(C)c1C(=O)O. The summed E-state index contributed by atoms with van der Waals surface area (Å²) in [7, 11) is 0. The average Bonchev–Trinajstić information content (AvgIpc) is 2.90. The van der Waals surface area contributed by atoms with E-state index < -0.39 is 5.97 Å². The molecule has 0 aliphatic heterocycles. The number of aromatic carboxylic acids is 1. The second-order valence-electron chi connectivity index (χ2n) is 4.36. The van der Waals surface area contributed by atoms with Crippen molar-refractivity contribution in [2.75, 3.05) is 0 Å². The highest BCUT2D eigenvalue weighted by Gasteiger charge is 2.20. The number of nitrogens with one attached hydrogen (secondary N) is 1. The molecule has 0 saturated carbocycles. The summed E-state index contributed by atoms with van der Waals surface area (Å²) in [5.74, 6) is -0.357. The number of carbonyl (C=O) groups is 1. The number of fused-ring (bicyclic) bond motifs is 1. The van der Waals surface area contributed by atoms with Gasteiger partial charge in [0.25, 0.3) is 0 Å². The second-order valence-corrected chi connectivity index (χ2v) is 4.36. The van der Waals surface area contributed by atoms with E-state index in [4.69, 9.17) is 0 Å². The molecule has 0 amide bonds. The first-order chi connectivity index (χ1) is 9.09. The first-order valence-electron chi connectivity index (χ1n) is 5.82. The van der Waals surface area contributed by atoms with Crippen LogP contribution in [-0.4, -0.2) is 31.1 Å². The van der Waals surface area contributed by atoms with Crippen LogP contribution in [0, 0.1) is 13.8 Å². The van der Waals surface area contributed by atoms with Gasteiger partial charge in [0.1, 0.15) is 5.56 Å². The molecule has 0 saturated heterocycles. The number of aromatic nitrogens is 4. The van der Waals surface area contributed by atoms with Crippen LogP contribution in [0.15, 0.2) is 24.3 Å². The summed E-state index contributed by atoms with van der Waals surface area (Å²) in [6.07, 6.45) is 0. The molecule has 0 aliphatic carbocycles. The molecule has 0 bridgehead atoms. The Morgan fingerprint density at radius 3 is 2.74 bits per heavy atom. The Kier molecular flexibility index (Phi) is 2.38. The van der Waals surface area contributed by atoms with Gasteiger partial charge in [-0.3, -0.25) is 5.10 Å². The van der Waals surface area contributed by atoms with Crippen molar-refractivity contribution in [1.29, 1.82) is 0 Å². The molecule has 2 N–H and O–H groups in total. The van der Waals surface area contributed by atoms with E-state index >= 15 is 0 Å². The van der Waals surface area contributed by atoms with Gasteiger partial charge >= 0.3 is 5.97 Å². The van der Waals surface area contributed by atoms with Crippen LogP contribution in [0.2, 0.25) is 0 Å². The summed E-state index contributed by atoms with van der Waals surface area (Å²) in [6.45, 7) is 3.41. The number of hydrogen-bond acceptors (Lipinski definition) is 3. The van der Waals surface area contributed by atoms with E-state index in [9.17, 15) is 9.90 Å². The maximum atomic E-state index is 11.2. The summed E-state index contributed by atoms with van der Waals surface area (Å²) in [5.41, 5.74) is 2.17. The molecule has 0 spiro atoms. The highest BCUT2D eigenvalue weighted by atomic mass is 16.4. The van der Waals surface area contributed by atoms with E-state index in [1.807, 2.05) is 24.3 Å². The number of nitrogens with zero attached hydrogens (tertiary/aromatic N) is 3. The minimum atomic E-state index is -0.971. The molecule has 19 heavy (non-hydrogen) atoms. The first kappa shape index (κ1) is 11.5. The zero-order chi connectivity index (χ0) is 13.6. The quantitative estimate of drug-likeness (QED) is 0.735. The van der Waals surface area contributed by atoms with E-state index in [0.29, 0.717) is 17.2 Å². The Balaban J connectivity index is 2.28. The number of benzene rings is 1. The third kappa shape index (κ3) is 1.61. The monoisotopic (exact) mass is 256 g/mol. The predicted octanol–water partition coefficient (Wildman–Crippen LogP) is 2.06. The van der Waals surface area contributed by atoms with Crippen LogP contribution in [0.4, 0.5) is 0 Å². The van der Waals surface area contributed by atoms with E-state index in [1.54, 1.807) is 18.5 Å². The van der Waals surface area contributed by atoms with Gasteiger partial charge in [0, 0.05) is 5.39 Å². The van der Waals surface area contributed by atoms with Crippen LogP contribution in [0.1, 0.15) is 21.7 Å². The molecule has 1 aromatic carbocycles. The van der Waals surface area contributed by atoms with Gasteiger partial charge in [-0.05, 0) is 26.0 Å². The fourth-order valence-electron chi connectivity index (χ4n) is 2.27. The smallest absolute Gasteiger partial charge is 0.339 e.